The predicted molar refractivity (Wildman–Crippen MR) is 332 cm³/mol. The monoisotopic (exact) mass is 1160 g/mol. The second-order valence-corrected chi connectivity index (χ2v) is 25.4. The third kappa shape index (κ3) is 8.01. The van der Waals surface area contributed by atoms with Gasteiger partial charge in [-0.15, -0.1) is 79.4 Å². The van der Waals surface area contributed by atoms with Crippen LogP contribution in [0, 0.1) is 53.2 Å². The number of aryl methyl sites for hydroxylation is 8. The van der Waals surface area contributed by atoms with E-state index in [9.17, 15) is 0 Å². The lowest BCUT2D eigenvalue weighted by molar-refractivity contribution is 0.633. The van der Waals surface area contributed by atoms with Gasteiger partial charge in [0.25, 0.3) is 0 Å². The van der Waals surface area contributed by atoms with Gasteiger partial charge in [0.15, 0.2) is 11.6 Å². The Hall–Kier alpha value is -5.20. The summed E-state index contributed by atoms with van der Waals surface area (Å²) >= 11 is 25.2. The van der Waals surface area contributed by atoms with Gasteiger partial charge in [0, 0.05) is 72.9 Å². The van der Waals surface area contributed by atoms with E-state index in [-0.39, 0.29) is 24.9 Å². The minimum atomic E-state index is -0.444. The topological polar surface area (TPSA) is 61.4 Å². The number of rotatable bonds is 4. The van der Waals surface area contributed by atoms with Gasteiger partial charge in [-0.25, -0.2) is 8.78 Å². The lowest BCUT2D eigenvalue weighted by Crippen LogP contribution is -1.91. The van der Waals surface area contributed by atoms with Gasteiger partial charge in [-0.2, -0.15) is 30.0 Å². The summed E-state index contributed by atoms with van der Waals surface area (Å²) in [4.78, 5) is 6.43. The highest BCUT2D eigenvalue weighted by atomic mass is 35.5. The maximum Gasteiger partial charge on any atom is 0.153 e. The molecular formula is C58H50Cl2F2N6S7. The molecule has 0 spiro atoms. The largest absolute Gasteiger partial charge is 0.205 e. The van der Waals surface area contributed by atoms with E-state index in [2.05, 4.69) is 109 Å². The molecule has 75 heavy (non-hydrogen) atoms. The molecule has 5 aromatic carbocycles. The van der Waals surface area contributed by atoms with Crippen LogP contribution in [0.25, 0.3) is 124 Å². The van der Waals surface area contributed by atoms with Crippen LogP contribution in [0.5, 0.6) is 0 Å². The number of fused-ring (bicyclic) bond motifs is 8. The van der Waals surface area contributed by atoms with Crippen LogP contribution in [0.1, 0.15) is 62.1 Å². The summed E-state index contributed by atoms with van der Waals surface area (Å²) < 4.78 is 39.8. The molecule has 0 amide bonds. The van der Waals surface area contributed by atoms with Crippen molar-refractivity contribution in [2.45, 2.75) is 70.2 Å². The van der Waals surface area contributed by atoms with Gasteiger partial charge < -0.3 is 0 Å². The average Bonchev–Trinajstić information content (AvgIpc) is 4.21. The van der Waals surface area contributed by atoms with Gasteiger partial charge in [-0.3, -0.25) is 0 Å². The Balaban J connectivity index is 0.000000166. The summed E-state index contributed by atoms with van der Waals surface area (Å²) in [6, 6.07) is 16.7. The first-order valence-corrected chi connectivity index (χ1v) is 30.1. The van der Waals surface area contributed by atoms with E-state index in [4.69, 9.17) is 28.3 Å². The standard InChI is InChI=1S/C31H21ClFN3S4.C23H15ClFN3S3.C2H6.2CH4/c1-12-16-6-8-37-28(16)14(3)18-10-20(39-30(12)18)22-24(32)25(33)23(27-26(22)34-36(5)35-27)21-11-19-15(4)29-17(7-9-38-29)13(2)31(19)40-21;1-10-12-6-8-30-22(12)11(2)13-9-15(31-23(10)13)17-19(25)18(24)16(14-5-4-7-29-14)20-21(17)27-28(3)26-20;1-2;;/h6-11H,1-5H3;4-9H,1-3H3;1-2H3;2*1H4. The lowest BCUT2D eigenvalue weighted by Gasteiger charge is -2.08. The molecule has 6 nitrogen and oxygen atoms in total. The molecule has 14 rings (SSSR count). The van der Waals surface area contributed by atoms with E-state index in [0.29, 0.717) is 44.3 Å². The highest BCUT2D eigenvalue weighted by Gasteiger charge is 2.29. The minimum absolute atomic E-state index is 0. The van der Waals surface area contributed by atoms with Crippen molar-refractivity contribution in [3.8, 4) is 41.8 Å². The van der Waals surface area contributed by atoms with Crippen molar-refractivity contribution in [1.82, 2.24) is 30.0 Å². The molecular weight excluding hydrogens is 1110 g/mol. The molecule has 0 aliphatic carbocycles. The fourth-order valence-corrected chi connectivity index (χ4v) is 18.5. The molecule has 0 bridgehead atoms. The Morgan fingerprint density at radius 2 is 0.707 bits per heavy atom. The number of halogens is 4. The van der Waals surface area contributed by atoms with Gasteiger partial charge in [0.2, 0.25) is 0 Å². The van der Waals surface area contributed by atoms with Crippen LogP contribution in [0.3, 0.4) is 0 Å². The van der Waals surface area contributed by atoms with Crippen molar-refractivity contribution in [3.05, 3.63) is 125 Å². The van der Waals surface area contributed by atoms with Crippen molar-refractivity contribution < 1.29 is 8.78 Å². The third-order valence-corrected chi connectivity index (χ3v) is 22.3. The predicted octanol–water partition coefficient (Wildman–Crippen LogP) is 21.7. The smallest absolute Gasteiger partial charge is 0.153 e. The normalized spacial score (nSPS) is 11.7. The fraction of sp³-hybridized carbons (Fsp3) is 0.207. The first kappa shape index (κ1) is 53.2. The van der Waals surface area contributed by atoms with E-state index in [1.54, 1.807) is 82.1 Å². The molecule has 0 unspecified atom stereocenters. The van der Waals surface area contributed by atoms with Crippen LogP contribution in [0.15, 0.2) is 70.1 Å². The molecule has 0 saturated heterocycles. The van der Waals surface area contributed by atoms with Crippen LogP contribution < -0.4 is 0 Å². The highest BCUT2D eigenvalue weighted by Crippen LogP contribution is 2.52. The number of hydrogen-bond acceptors (Lipinski definition) is 11. The zero-order chi connectivity index (χ0) is 51.0. The van der Waals surface area contributed by atoms with Gasteiger partial charge in [-0.05, 0) is 171 Å². The first-order chi connectivity index (χ1) is 35.2. The third-order valence-electron chi connectivity index (χ3n) is 13.8. The molecule has 0 radical (unpaired) electrons. The van der Waals surface area contributed by atoms with E-state index < -0.39 is 11.6 Å². The summed E-state index contributed by atoms with van der Waals surface area (Å²) in [6.07, 6.45) is 0. The van der Waals surface area contributed by atoms with E-state index in [1.165, 1.54) is 104 Å². The maximum atomic E-state index is 16.5. The number of thiophene rings is 7. The molecule has 0 atom stereocenters. The molecule has 0 fully saturated rings. The van der Waals surface area contributed by atoms with Crippen molar-refractivity contribution in [3.63, 3.8) is 0 Å². The molecule has 17 heteroatoms. The summed E-state index contributed by atoms with van der Waals surface area (Å²) in [5.74, 6) is -0.887. The van der Waals surface area contributed by atoms with Crippen LogP contribution in [0.4, 0.5) is 8.78 Å². The van der Waals surface area contributed by atoms with E-state index >= 15 is 8.78 Å². The van der Waals surface area contributed by atoms with Crippen molar-refractivity contribution in [2.75, 3.05) is 0 Å². The number of hydrogen-bond donors (Lipinski definition) is 0. The van der Waals surface area contributed by atoms with Gasteiger partial charge in [0.1, 0.15) is 22.1 Å². The van der Waals surface area contributed by atoms with Gasteiger partial charge in [-0.1, -0.05) is 58.0 Å². The fourth-order valence-electron chi connectivity index (χ4n) is 10.3. The zero-order valence-electron chi connectivity index (χ0n) is 41.0. The molecule has 0 saturated carbocycles. The van der Waals surface area contributed by atoms with Crippen LogP contribution in [0.2, 0.25) is 10.0 Å². The summed E-state index contributed by atoms with van der Waals surface area (Å²) in [5, 5.41) is 34.3. The molecule has 9 heterocycles. The van der Waals surface area contributed by atoms with Gasteiger partial charge >= 0.3 is 0 Å². The molecule has 0 aliphatic heterocycles. The minimum Gasteiger partial charge on any atom is -0.205 e. The van der Waals surface area contributed by atoms with Crippen molar-refractivity contribution in [2.24, 2.45) is 14.1 Å². The molecule has 382 valence electrons. The summed E-state index contributed by atoms with van der Waals surface area (Å²) in [5.41, 5.74) is 11.8. The number of nitrogens with zero attached hydrogens (tertiary/aromatic N) is 6. The van der Waals surface area contributed by atoms with Crippen molar-refractivity contribution >= 4 is 185 Å². The second-order valence-electron chi connectivity index (χ2n) is 17.8. The Labute approximate surface area is 471 Å². The average molecular weight is 1160 g/mol. The van der Waals surface area contributed by atoms with Crippen molar-refractivity contribution in [1.29, 1.82) is 0 Å². The van der Waals surface area contributed by atoms with E-state index in [0.717, 1.165) is 30.3 Å². The molecule has 0 N–H and O–H groups in total. The maximum absolute atomic E-state index is 16.5. The Morgan fingerprint density at radius 3 is 1.04 bits per heavy atom. The number of aromatic nitrogens is 6. The Bertz CT molecular complexity index is 4250. The highest BCUT2D eigenvalue weighted by molar-refractivity contribution is 7.24. The number of benzene rings is 5. The summed E-state index contributed by atoms with van der Waals surface area (Å²) in [7, 11) is 3.53. The second kappa shape index (κ2) is 20.0. The van der Waals surface area contributed by atoms with E-state index in [1.807, 2.05) is 31.4 Å². The summed E-state index contributed by atoms with van der Waals surface area (Å²) in [6.45, 7) is 16.9. The zero-order valence-corrected chi connectivity index (χ0v) is 48.2. The van der Waals surface area contributed by atoms with Crippen LogP contribution in [-0.2, 0) is 14.1 Å². The van der Waals surface area contributed by atoms with Gasteiger partial charge in [0.05, 0.1) is 21.2 Å². The molecule has 9 aromatic heterocycles. The quantitative estimate of drug-likeness (QED) is 0.176. The Kier molecular flexibility index (Phi) is 14.2. The molecule has 0 aliphatic rings. The Morgan fingerprint density at radius 1 is 0.400 bits per heavy atom. The van der Waals surface area contributed by atoms with Crippen LogP contribution >= 0.6 is 103 Å². The SMILES string of the molecule is C.C.CC.Cc1c2cc(-c3c(F)c(Cl)c(-c4cc5c(C)c6sccc6c(C)c5s4)c4nn(C)nc34)sc2c(C)c2ccsc12.Cc1c2cc(-c3c(F)c(Cl)c(-c4cccs4)c4nn(C)nc34)sc2c(C)c2ccsc12. The van der Waals surface area contributed by atoms with Crippen LogP contribution in [-0.4, -0.2) is 30.0 Å². The first-order valence-electron chi connectivity index (χ1n) is 23.4. The lowest BCUT2D eigenvalue weighted by atomic mass is 10.0. The molecule has 14 aromatic rings.